The van der Waals surface area contributed by atoms with Crippen molar-refractivity contribution in [2.45, 2.75) is 69.4 Å². The quantitative estimate of drug-likeness (QED) is 0.660. The number of carbonyl (C=O) groups excluding carboxylic acids is 1. The third-order valence-electron chi connectivity index (χ3n) is 6.60. The molecule has 1 aromatic carbocycles. The molecule has 0 aromatic heterocycles. The molecule has 1 unspecified atom stereocenters. The first kappa shape index (κ1) is 21.3. The fourth-order valence-electron chi connectivity index (χ4n) is 5.22. The number of halogens is 1. The summed E-state index contributed by atoms with van der Waals surface area (Å²) in [6, 6.07) is 4.06. The number of rotatable bonds is 3. The smallest absolute Gasteiger partial charge is 0.245 e. The van der Waals surface area contributed by atoms with Crippen molar-refractivity contribution in [1.82, 2.24) is 9.21 Å². The molecule has 6 nitrogen and oxygen atoms in total. The van der Waals surface area contributed by atoms with Gasteiger partial charge in [-0.1, -0.05) is 22.4 Å². The zero-order valence-corrected chi connectivity index (χ0v) is 19.6. The van der Waals surface area contributed by atoms with Gasteiger partial charge in [0.2, 0.25) is 15.9 Å². The van der Waals surface area contributed by atoms with Crippen molar-refractivity contribution < 1.29 is 13.2 Å². The Hall–Kier alpha value is -0.960. The molecule has 160 valence electrons. The lowest BCUT2D eigenvalue weighted by Gasteiger charge is -2.40. The lowest BCUT2D eigenvalue weighted by Crippen LogP contribution is -2.48. The van der Waals surface area contributed by atoms with Crippen LogP contribution < -0.4 is 4.90 Å². The lowest BCUT2D eigenvalue weighted by molar-refractivity contribution is -0.116. The molecule has 0 radical (unpaired) electrons. The number of benzene rings is 1. The number of hydrogen-bond donors (Lipinski definition) is 0. The molecule has 2 fully saturated rings. The Balaban J connectivity index is 1.60. The van der Waals surface area contributed by atoms with Crippen molar-refractivity contribution in [1.29, 1.82) is 0 Å². The van der Waals surface area contributed by atoms with Crippen LogP contribution in [0.4, 0.5) is 5.69 Å². The molecule has 29 heavy (non-hydrogen) atoms. The van der Waals surface area contributed by atoms with Crippen molar-refractivity contribution in [3.8, 4) is 0 Å². The van der Waals surface area contributed by atoms with E-state index in [1.54, 1.807) is 15.3 Å². The highest BCUT2D eigenvalue weighted by Gasteiger charge is 2.39. The van der Waals surface area contributed by atoms with E-state index in [0.29, 0.717) is 31.2 Å². The summed E-state index contributed by atoms with van der Waals surface area (Å²) < 4.78 is 29.6. The molecule has 0 saturated carbocycles. The van der Waals surface area contributed by atoms with Crippen LogP contribution in [0.15, 0.2) is 21.5 Å². The number of likely N-dealkylation sites (tertiary alicyclic amines) is 1. The molecule has 1 atom stereocenters. The molecule has 1 aromatic rings. The highest BCUT2D eigenvalue weighted by molar-refractivity contribution is 9.10. The van der Waals surface area contributed by atoms with Crippen LogP contribution in [0.3, 0.4) is 0 Å². The Bertz CT molecular complexity index is 891. The number of piperidine rings is 2. The van der Waals surface area contributed by atoms with Gasteiger partial charge in [-0.05, 0) is 69.8 Å². The maximum absolute atomic E-state index is 13.6. The van der Waals surface area contributed by atoms with Gasteiger partial charge in [0, 0.05) is 36.6 Å². The average molecular weight is 484 g/mol. The predicted molar refractivity (Wildman–Crippen MR) is 118 cm³/mol. The molecular formula is C21H30BrN3O3S. The van der Waals surface area contributed by atoms with Gasteiger partial charge in [0.1, 0.15) is 4.90 Å². The van der Waals surface area contributed by atoms with E-state index in [1.807, 2.05) is 13.0 Å². The largest absolute Gasteiger partial charge is 0.308 e. The van der Waals surface area contributed by atoms with Gasteiger partial charge in [-0.25, -0.2) is 8.42 Å². The van der Waals surface area contributed by atoms with Crippen LogP contribution in [0.2, 0.25) is 0 Å². The van der Waals surface area contributed by atoms with E-state index in [4.69, 9.17) is 0 Å². The van der Waals surface area contributed by atoms with Gasteiger partial charge in [0.25, 0.3) is 0 Å². The standard InChI is InChI=1S/C21H30BrN3O3S/c1-15-12-17-13-18(22)14-20(21(17)25(15)16(2)26)29(27,28)24-10-6-19(7-11-24)23-8-4-3-5-9-23/h13-15,19H,3-12H2,1-2H3. The van der Waals surface area contributed by atoms with Crippen LogP contribution in [0, 0.1) is 0 Å². The Morgan fingerprint density at radius 1 is 1.07 bits per heavy atom. The van der Waals surface area contributed by atoms with Crippen molar-refractivity contribution in [2.24, 2.45) is 0 Å². The second kappa shape index (κ2) is 8.29. The maximum atomic E-state index is 13.6. The topological polar surface area (TPSA) is 60.9 Å². The Morgan fingerprint density at radius 3 is 2.34 bits per heavy atom. The van der Waals surface area contributed by atoms with Gasteiger partial charge >= 0.3 is 0 Å². The van der Waals surface area contributed by atoms with Gasteiger partial charge in [-0.15, -0.1) is 0 Å². The summed E-state index contributed by atoms with van der Waals surface area (Å²) in [6.45, 7) is 6.84. The molecular weight excluding hydrogens is 454 g/mol. The Labute approximate surface area is 182 Å². The van der Waals surface area contributed by atoms with Crippen LogP contribution >= 0.6 is 15.9 Å². The van der Waals surface area contributed by atoms with E-state index in [9.17, 15) is 13.2 Å². The molecule has 4 rings (SSSR count). The number of amides is 1. The first-order chi connectivity index (χ1) is 13.8. The third kappa shape index (κ3) is 4.01. The summed E-state index contributed by atoms with van der Waals surface area (Å²) in [4.78, 5) is 16.7. The minimum absolute atomic E-state index is 0.0319. The molecule has 3 aliphatic rings. The van der Waals surface area contributed by atoms with Gasteiger partial charge in [-0.3, -0.25) is 4.79 Å². The molecule has 2 saturated heterocycles. The molecule has 0 spiro atoms. The van der Waals surface area contributed by atoms with E-state index in [-0.39, 0.29) is 16.8 Å². The van der Waals surface area contributed by atoms with Gasteiger partial charge < -0.3 is 9.80 Å². The van der Waals surface area contributed by atoms with Crippen LogP contribution in [0.1, 0.15) is 51.5 Å². The van der Waals surface area contributed by atoms with Crippen LogP contribution in [-0.4, -0.2) is 61.8 Å². The van der Waals surface area contributed by atoms with E-state index >= 15 is 0 Å². The normalized spacial score (nSPS) is 24.7. The van der Waals surface area contributed by atoms with Crippen LogP contribution in [0.5, 0.6) is 0 Å². The zero-order valence-electron chi connectivity index (χ0n) is 17.2. The van der Waals surface area contributed by atoms with Crippen molar-refractivity contribution in [3.05, 3.63) is 22.2 Å². The van der Waals surface area contributed by atoms with E-state index < -0.39 is 10.0 Å². The molecule has 8 heteroatoms. The summed E-state index contributed by atoms with van der Waals surface area (Å²) in [7, 11) is -3.66. The number of nitrogens with zero attached hydrogens (tertiary/aromatic N) is 3. The van der Waals surface area contributed by atoms with E-state index in [0.717, 1.165) is 36.0 Å². The number of anilines is 1. The molecule has 0 N–H and O–H groups in total. The first-order valence-electron chi connectivity index (χ1n) is 10.7. The van der Waals surface area contributed by atoms with Crippen LogP contribution in [0.25, 0.3) is 0 Å². The highest BCUT2D eigenvalue weighted by Crippen LogP contribution is 2.41. The second-order valence-corrected chi connectivity index (χ2v) is 11.4. The van der Waals surface area contributed by atoms with Gasteiger partial charge in [0.05, 0.1) is 5.69 Å². The van der Waals surface area contributed by atoms with E-state index in [2.05, 4.69) is 20.8 Å². The zero-order chi connectivity index (χ0) is 20.8. The summed E-state index contributed by atoms with van der Waals surface area (Å²) in [6.07, 6.45) is 6.24. The fourth-order valence-corrected chi connectivity index (χ4v) is 7.60. The fraction of sp³-hybridized carbons (Fsp3) is 0.667. The van der Waals surface area contributed by atoms with Crippen molar-refractivity contribution >= 4 is 37.5 Å². The van der Waals surface area contributed by atoms with Crippen LogP contribution in [-0.2, 0) is 21.2 Å². The monoisotopic (exact) mass is 483 g/mol. The van der Waals surface area contributed by atoms with E-state index in [1.165, 1.54) is 26.2 Å². The maximum Gasteiger partial charge on any atom is 0.245 e. The Morgan fingerprint density at radius 2 is 1.72 bits per heavy atom. The predicted octanol–water partition coefficient (Wildman–Crippen LogP) is 3.39. The second-order valence-electron chi connectivity index (χ2n) is 8.59. The number of fused-ring (bicyclic) bond motifs is 1. The molecule has 3 heterocycles. The number of carbonyl (C=O) groups is 1. The SMILES string of the molecule is CC(=O)N1c2c(cc(Br)cc2S(=O)(=O)N2CCC(N3CCCCC3)CC2)CC1C. The molecule has 1 amide bonds. The molecule has 0 bridgehead atoms. The van der Waals surface area contributed by atoms with Gasteiger partial charge in [-0.2, -0.15) is 4.31 Å². The lowest BCUT2D eigenvalue weighted by atomic mass is 10.0. The Kier molecular flexibility index (Phi) is 6.08. The van der Waals surface area contributed by atoms with Gasteiger partial charge in [0.15, 0.2) is 0 Å². The minimum Gasteiger partial charge on any atom is -0.308 e. The third-order valence-corrected chi connectivity index (χ3v) is 8.97. The first-order valence-corrected chi connectivity index (χ1v) is 12.9. The summed E-state index contributed by atoms with van der Waals surface area (Å²) in [5, 5.41) is 0. The number of sulfonamides is 1. The highest BCUT2D eigenvalue weighted by atomic mass is 79.9. The average Bonchev–Trinajstić information content (AvgIpc) is 3.03. The minimum atomic E-state index is -3.66. The molecule has 0 aliphatic carbocycles. The summed E-state index contributed by atoms with van der Waals surface area (Å²) in [5.74, 6) is -0.112. The van der Waals surface area contributed by atoms with Crippen molar-refractivity contribution in [2.75, 3.05) is 31.1 Å². The summed E-state index contributed by atoms with van der Waals surface area (Å²) in [5.41, 5.74) is 1.50. The molecule has 3 aliphatic heterocycles. The van der Waals surface area contributed by atoms with Crippen molar-refractivity contribution in [3.63, 3.8) is 0 Å². The summed E-state index contributed by atoms with van der Waals surface area (Å²) >= 11 is 3.48. The number of hydrogen-bond acceptors (Lipinski definition) is 4.